The molecular formula is C14H13Cl3FN3. The van der Waals surface area contributed by atoms with E-state index in [4.69, 9.17) is 34.8 Å². The van der Waals surface area contributed by atoms with Gasteiger partial charge in [0, 0.05) is 12.0 Å². The fourth-order valence-electron chi connectivity index (χ4n) is 1.77. The van der Waals surface area contributed by atoms with E-state index in [1.807, 2.05) is 6.92 Å². The predicted molar refractivity (Wildman–Crippen MR) is 85.5 cm³/mol. The Morgan fingerprint density at radius 2 is 1.76 bits per heavy atom. The van der Waals surface area contributed by atoms with Crippen molar-refractivity contribution in [2.75, 3.05) is 5.32 Å². The molecule has 0 atom stereocenters. The molecule has 1 aromatic heterocycles. The van der Waals surface area contributed by atoms with Gasteiger partial charge in [0.15, 0.2) is 0 Å². The highest BCUT2D eigenvalue weighted by atomic mass is 35.5. The monoisotopic (exact) mass is 347 g/mol. The molecule has 0 fully saturated rings. The molecule has 112 valence electrons. The molecule has 7 heteroatoms. The minimum Gasteiger partial charge on any atom is -0.337 e. The van der Waals surface area contributed by atoms with E-state index in [2.05, 4.69) is 15.3 Å². The zero-order chi connectivity index (χ0) is 15.6. The van der Waals surface area contributed by atoms with Crippen molar-refractivity contribution in [1.29, 1.82) is 0 Å². The zero-order valence-electron chi connectivity index (χ0n) is 11.5. The van der Waals surface area contributed by atoms with Crippen LogP contribution in [0, 0.1) is 12.7 Å². The number of anilines is 2. The summed E-state index contributed by atoms with van der Waals surface area (Å²) in [4.78, 5) is 8.62. The lowest BCUT2D eigenvalue weighted by Gasteiger charge is -2.13. The molecule has 21 heavy (non-hydrogen) atoms. The molecule has 0 aliphatic carbocycles. The van der Waals surface area contributed by atoms with Crippen molar-refractivity contribution in [1.82, 2.24) is 9.97 Å². The first-order chi connectivity index (χ1) is 9.92. The smallest absolute Gasteiger partial charge is 0.138 e. The van der Waals surface area contributed by atoms with Crippen LogP contribution >= 0.6 is 34.8 Å². The lowest BCUT2D eigenvalue weighted by atomic mass is 10.2. The van der Waals surface area contributed by atoms with Crippen molar-refractivity contribution in [3.8, 4) is 0 Å². The molecule has 0 amide bonds. The van der Waals surface area contributed by atoms with E-state index < -0.39 is 5.82 Å². The van der Waals surface area contributed by atoms with Gasteiger partial charge in [-0.25, -0.2) is 14.4 Å². The fourth-order valence-corrected chi connectivity index (χ4v) is 2.51. The van der Waals surface area contributed by atoms with Gasteiger partial charge in [0.05, 0.1) is 15.7 Å². The van der Waals surface area contributed by atoms with Crippen LogP contribution in [0.5, 0.6) is 0 Å². The number of nitrogens with one attached hydrogen (secondary N) is 1. The van der Waals surface area contributed by atoms with Crippen LogP contribution in [0.15, 0.2) is 12.1 Å². The van der Waals surface area contributed by atoms with Crippen molar-refractivity contribution in [2.45, 2.75) is 26.7 Å². The summed E-state index contributed by atoms with van der Waals surface area (Å²) in [5, 5.41) is 3.72. The highest BCUT2D eigenvalue weighted by molar-refractivity contribution is 6.39. The number of rotatable bonds is 4. The number of halogens is 4. The lowest BCUT2D eigenvalue weighted by molar-refractivity contribution is 0.628. The molecule has 0 saturated heterocycles. The fraction of sp³-hybridized carbons (Fsp3) is 0.286. The first-order valence-electron chi connectivity index (χ1n) is 6.37. The van der Waals surface area contributed by atoms with E-state index in [-0.39, 0.29) is 10.0 Å². The van der Waals surface area contributed by atoms with Gasteiger partial charge in [0.25, 0.3) is 0 Å². The standard InChI is InChI=1S/C14H13Cl3FN3/c1-3-4-11-19-13(17)7(2)14(20-11)21-12-9(15)5-8(18)6-10(12)16/h5-6H,3-4H2,1-2H3,(H,19,20,21). The summed E-state index contributed by atoms with van der Waals surface area (Å²) in [5.74, 6) is 0.637. The maximum Gasteiger partial charge on any atom is 0.138 e. The Bertz CT molecular complexity index is 654. The first-order valence-corrected chi connectivity index (χ1v) is 7.50. The summed E-state index contributed by atoms with van der Waals surface area (Å²) in [6.07, 6.45) is 1.61. The minimum atomic E-state index is -0.500. The zero-order valence-corrected chi connectivity index (χ0v) is 13.7. The van der Waals surface area contributed by atoms with Gasteiger partial charge >= 0.3 is 0 Å². The molecule has 0 aliphatic rings. The molecule has 0 spiro atoms. The van der Waals surface area contributed by atoms with E-state index in [0.717, 1.165) is 6.42 Å². The van der Waals surface area contributed by atoms with Crippen molar-refractivity contribution < 1.29 is 4.39 Å². The van der Waals surface area contributed by atoms with Gasteiger partial charge in [0.2, 0.25) is 0 Å². The normalized spacial score (nSPS) is 10.8. The third-order valence-corrected chi connectivity index (χ3v) is 3.82. The quantitative estimate of drug-likeness (QED) is 0.733. The maximum atomic E-state index is 13.2. The number of hydrogen-bond acceptors (Lipinski definition) is 3. The molecule has 2 rings (SSSR count). The Balaban J connectivity index is 2.44. The molecule has 0 aliphatic heterocycles. The van der Waals surface area contributed by atoms with Crippen LogP contribution in [0.4, 0.5) is 15.9 Å². The third kappa shape index (κ3) is 3.76. The van der Waals surface area contributed by atoms with Gasteiger partial charge in [-0.2, -0.15) is 0 Å². The molecule has 0 saturated carbocycles. The van der Waals surface area contributed by atoms with Gasteiger partial charge in [-0.1, -0.05) is 41.7 Å². The third-order valence-electron chi connectivity index (χ3n) is 2.86. The Morgan fingerprint density at radius 3 is 2.33 bits per heavy atom. The average molecular weight is 349 g/mol. The summed E-state index contributed by atoms with van der Waals surface area (Å²) < 4.78 is 13.2. The largest absolute Gasteiger partial charge is 0.337 e. The summed E-state index contributed by atoms with van der Waals surface area (Å²) in [6.45, 7) is 3.81. The molecular weight excluding hydrogens is 336 g/mol. The second-order valence-corrected chi connectivity index (χ2v) is 5.70. The SMILES string of the molecule is CCCc1nc(Cl)c(C)c(Nc2c(Cl)cc(F)cc2Cl)n1. The highest BCUT2D eigenvalue weighted by Crippen LogP contribution is 2.34. The highest BCUT2D eigenvalue weighted by Gasteiger charge is 2.14. The maximum absolute atomic E-state index is 13.2. The number of benzene rings is 1. The Morgan fingerprint density at radius 1 is 1.14 bits per heavy atom. The van der Waals surface area contributed by atoms with Gasteiger partial charge in [-0.05, 0) is 25.5 Å². The summed E-state index contributed by atoms with van der Waals surface area (Å²) in [5.41, 5.74) is 1.06. The van der Waals surface area contributed by atoms with E-state index in [0.29, 0.717) is 34.5 Å². The molecule has 0 unspecified atom stereocenters. The van der Waals surface area contributed by atoms with Crippen LogP contribution in [-0.4, -0.2) is 9.97 Å². The Kier molecular flexibility index (Phi) is 5.25. The Labute approximate surface area is 137 Å². The topological polar surface area (TPSA) is 37.8 Å². The van der Waals surface area contributed by atoms with Crippen LogP contribution in [-0.2, 0) is 6.42 Å². The van der Waals surface area contributed by atoms with Gasteiger partial charge in [-0.3, -0.25) is 0 Å². The summed E-state index contributed by atoms with van der Waals surface area (Å²) in [7, 11) is 0. The molecule has 3 nitrogen and oxygen atoms in total. The molecule has 1 heterocycles. The summed E-state index contributed by atoms with van der Waals surface area (Å²) >= 11 is 18.1. The number of aryl methyl sites for hydroxylation is 1. The second kappa shape index (κ2) is 6.77. The molecule has 2 aromatic rings. The van der Waals surface area contributed by atoms with Gasteiger partial charge < -0.3 is 5.32 Å². The van der Waals surface area contributed by atoms with Gasteiger partial charge in [-0.15, -0.1) is 0 Å². The molecule has 1 aromatic carbocycles. The van der Waals surface area contributed by atoms with Crippen LogP contribution in [0.1, 0.15) is 24.7 Å². The van der Waals surface area contributed by atoms with E-state index in [9.17, 15) is 4.39 Å². The van der Waals surface area contributed by atoms with Crippen molar-refractivity contribution in [3.05, 3.63) is 44.5 Å². The van der Waals surface area contributed by atoms with E-state index in [1.165, 1.54) is 12.1 Å². The second-order valence-electron chi connectivity index (χ2n) is 4.52. The van der Waals surface area contributed by atoms with E-state index in [1.54, 1.807) is 6.92 Å². The number of hydrogen-bond donors (Lipinski definition) is 1. The van der Waals surface area contributed by atoms with Crippen molar-refractivity contribution in [3.63, 3.8) is 0 Å². The van der Waals surface area contributed by atoms with E-state index >= 15 is 0 Å². The summed E-state index contributed by atoms with van der Waals surface area (Å²) in [6, 6.07) is 2.36. The molecule has 1 N–H and O–H groups in total. The Hall–Kier alpha value is -1.10. The number of nitrogens with zero attached hydrogens (tertiary/aromatic N) is 2. The van der Waals surface area contributed by atoms with Crippen LogP contribution < -0.4 is 5.32 Å². The van der Waals surface area contributed by atoms with Crippen molar-refractivity contribution in [2.24, 2.45) is 0 Å². The average Bonchev–Trinajstić information content (AvgIpc) is 2.39. The predicted octanol–water partition coefficient (Wildman–Crippen LogP) is 5.58. The first kappa shape index (κ1) is 16.3. The van der Waals surface area contributed by atoms with Crippen molar-refractivity contribution >= 4 is 46.3 Å². The molecule has 0 radical (unpaired) electrons. The lowest BCUT2D eigenvalue weighted by Crippen LogP contribution is -2.04. The van der Waals surface area contributed by atoms with Crippen LogP contribution in [0.2, 0.25) is 15.2 Å². The number of aromatic nitrogens is 2. The van der Waals surface area contributed by atoms with Crippen LogP contribution in [0.3, 0.4) is 0 Å². The molecule has 0 bridgehead atoms. The minimum absolute atomic E-state index is 0.172. The van der Waals surface area contributed by atoms with Gasteiger partial charge in [0.1, 0.15) is 22.6 Å². The van der Waals surface area contributed by atoms with Crippen LogP contribution in [0.25, 0.3) is 0 Å².